The van der Waals surface area contributed by atoms with Crippen molar-refractivity contribution in [2.75, 3.05) is 16.3 Å². The summed E-state index contributed by atoms with van der Waals surface area (Å²) >= 11 is 0. The van der Waals surface area contributed by atoms with E-state index in [1.54, 1.807) is 23.1 Å². The summed E-state index contributed by atoms with van der Waals surface area (Å²) < 4.78 is 22.1. The van der Waals surface area contributed by atoms with Crippen LogP contribution in [-0.2, 0) is 11.3 Å². The van der Waals surface area contributed by atoms with Gasteiger partial charge in [0.1, 0.15) is 11.9 Å². The van der Waals surface area contributed by atoms with Crippen molar-refractivity contribution < 1.29 is 13.9 Å². The molecule has 0 saturated carbocycles. The average molecular weight is 387 g/mol. The Hall–Kier alpha value is -2.64. The van der Waals surface area contributed by atoms with Crippen LogP contribution in [0.1, 0.15) is 39.5 Å². The van der Waals surface area contributed by atoms with Gasteiger partial charge in [0.15, 0.2) is 0 Å². The van der Waals surface area contributed by atoms with Gasteiger partial charge in [-0.1, -0.05) is 18.6 Å². The highest BCUT2D eigenvalue weighted by atomic mass is 19.1. The lowest BCUT2D eigenvalue weighted by Crippen LogP contribution is -2.35. The van der Waals surface area contributed by atoms with Gasteiger partial charge in [-0.05, 0) is 44.4 Å². The molecule has 28 heavy (non-hydrogen) atoms. The number of cyclic esters (lactones) is 1. The fourth-order valence-corrected chi connectivity index (χ4v) is 4.36. The van der Waals surface area contributed by atoms with E-state index in [0.29, 0.717) is 36.5 Å². The van der Waals surface area contributed by atoms with Crippen LogP contribution in [0.4, 0.5) is 20.6 Å². The van der Waals surface area contributed by atoms with E-state index in [1.807, 2.05) is 6.07 Å². The molecule has 1 amide bonds. The topological polar surface area (TPSA) is 63.5 Å². The third-order valence-electron chi connectivity index (χ3n) is 5.67. The number of aromatic nitrogens is 3. The Bertz CT molecular complexity index is 826. The predicted molar refractivity (Wildman–Crippen MR) is 104 cm³/mol. The van der Waals surface area contributed by atoms with Crippen molar-refractivity contribution in [1.82, 2.24) is 15.0 Å². The van der Waals surface area contributed by atoms with Gasteiger partial charge in [-0.3, -0.25) is 4.90 Å². The van der Waals surface area contributed by atoms with Gasteiger partial charge in [0.05, 0.1) is 30.7 Å². The van der Waals surface area contributed by atoms with E-state index in [2.05, 4.69) is 29.1 Å². The Balaban J connectivity index is 1.50. The molecule has 2 saturated heterocycles. The molecule has 1 aromatic carbocycles. The number of anilines is 2. The van der Waals surface area contributed by atoms with Gasteiger partial charge in [-0.25, -0.2) is 13.9 Å². The third-order valence-corrected chi connectivity index (χ3v) is 5.67. The lowest BCUT2D eigenvalue weighted by Gasteiger charge is -2.31. The largest absolute Gasteiger partial charge is 0.442 e. The van der Waals surface area contributed by atoms with E-state index in [1.165, 1.54) is 11.0 Å². The second-order valence-electron chi connectivity index (χ2n) is 7.65. The first-order valence-electron chi connectivity index (χ1n) is 9.97. The summed E-state index contributed by atoms with van der Waals surface area (Å²) in [5.41, 5.74) is 1.14. The zero-order chi connectivity index (χ0) is 19.7. The predicted octanol–water partition coefficient (Wildman–Crippen LogP) is 3.60. The van der Waals surface area contributed by atoms with E-state index in [4.69, 9.17) is 4.74 Å². The zero-order valence-electron chi connectivity index (χ0n) is 16.3. The summed E-state index contributed by atoms with van der Waals surface area (Å²) in [7, 11) is 0. The molecule has 3 atom stereocenters. The Labute approximate surface area is 164 Å². The first kappa shape index (κ1) is 18.7. The second-order valence-corrected chi connectivity index (χ2v) is 7.65. The molecule has 4 rings (SSSR count). The molecule has 2 unspecified atom stereocenters. The minimum atomic E-state index is -0.462. The van der Waals surface area contributed by atoms with Gasteiger partial charge in [-0.15, -0.1) is 5.10 Å². The van der Waals surface area contributed by atoms with Gasteiger partial charge >= 0.3 is 6.09 Å². The van der Waals surface area contributed by atoms with Gasteiger partial charge in [-0.2, -0.15) is 0 Å². The SMILES string of the molecule is CCCC1CCC(C)N1c1ccc(N2C[C@H](Cn3ccnn3)OC2=O)cc1F. The molecular formula is C20H26FN5O2. The average Bonchev–Trinajstić information content (AvgIpc) is 3.38. The quantitative estimate of drug-likeness (QED) is 0.758. The van der Waals surface area contributed by atoms with E-state index >= 15 is 4.39 Å². The molecule has 2 aliphatic heterocycles. The fraction of sp³-hybridized carbons (Fsp3) is 0.550. The van der Waals surface area contributed by atoms with E-state index in [0.717, 1.165) is 25.7 Å². The maximum Gasteiger partial charge on any atom is 0.414 e. The maximum atomic E-state index is 15.0. The molecule has 8 heteroatoms. The number of carbonyl (C=O) groups is 1. The van der Waals surface area contributed by atoms with Crippen molar-refractivity contribution in [3.63, 3.8) is 0 Å². The van der Waals surface area contributed by atoms with Gasteiger partial charge in [0.2, 0.25) is 0 Å². The van der Waals surface area contributed by atoms with Crippen LogP contribution < -0.4 is 9.80 Å². The van der Waals surface area contributed by atoms with Crippen LogP contribution in [0.2, 0.25) is 0 Å². The van der Waals surface area contributed by atoms with Crippen molar-refractivity contribution in [2.24, 2.45) is 0 Å². The Morgan fingerprint density at radius 2 is 2.18 bits per heavy atom. The summed E-state index contributed by atoms with van der Waals surface area (Å²) in [5.74, 6) is -0.292. The Kier molecular flexibility index (Phi) is 5.19. The molecule has 0 aliphatic carbocycles. The Morgan fingerprint density at radius 1 is 1.32 bits per heavy atom. The van der Waals surface area contributed by atoms with Crippen LogP contribution >= 0.6 is 0 Å². The fourth-order valence-electron chi connectivity index (χ4n) is 4.36. The van der Waals surface area contributed by atoms with E-state index < -0.39 is 6.09 Å². The summed E-state index contributed by atoms with van der Waals surface area (Å²) in [6.45, 7) is 5.09. The van der Waals surface area contributed by atoms with Gasteiger partial charge in [0.25, 0.3) is 0 Å². The number of rotatable bonds is 6. The molecule has 3 heterocycles. The van der Waals surface area contributed by atoms with Crippen molar-refractivity contribution in [3.05, 3.63) is 36.4 Å². The molecular weight excluding hydrogens is 361 g/mol. The van der Waals surface area contributed by atoms with Crippen LogP contribution in [0, 0.1) is 5.82 Å². The summed E-state index contributed by atoms with van der Waals surface area (Å²) in [6.07, 6.45) is 6.81. The highest BCUT2D eigenvalue weighted by molar-refractivity contribution is 5.90. The first-order chi connectivity index (χ1) is 13.6. The number of amides is 1. The molecule has 0 N–H and O–H groups in total. The van der Waals surface area contributed by atoms with Crippen LogP contribution in [-0.4, -0.2) is 45.8 Å². The van der Waals surface area contributed by atoms with Crippen LogP contribution in [0.3, 0.4) is 0 Å². The highest BCUT2D eigenvalue weighted by Gasteiger charge is 2.35. The minimum absolute atomic E-state index is 0.292. The highest BCUT2D eigenvalue weighted by Crippen LogP contribution is 2.36. The molecule has 2 aromatic rings. The lowest BCUT2D eigenvalue weighted by atomic mass is 10.1. The number of halogens is 1. The number of nitrogens with zero attached hydrogens (tertiary/aromatic N) is 5. The molecule has 0 spiro atoms. The second kappa shape index (κ2) is 7.77. The Morgan fingerprint density at radius 3 is 2.89 bits per heavy atom. The number of benzene rings is 1. The van der Waals surface area contributed by atoms with Crippen molar-refractivity contribution in [1.29, 1.82) is 0 Å². The number of hydrogen-bond acceptors (Lipinski definition) is 5. The van der Waals surface area contributed by atoms with Crippen molar-refractivity contribution in [3.8, 4) is 0 Å². The van der Waals surface area contributed by atoms with Crippen molar-refractivity contribution >= 4 is 17.5 Å². The smallest absolute Gasteiger partial charge is 0.414 e. The standard InChI is InChI=1S/C20H26FN5O2/c1-3-4-15-6-5-14(2)26(15)19-8-7-16(11-18(19)21)25-13-17(28-20(25)27)12-24-10-9-22-23-24/h7-11,14-15,17H,3-6,12-13H2,1-2H3/t14?,15?,17-/m0/s1. The van der Waals surface area contributed by atoms with Crippen molar-refractivity contribution in [2.45, 2.75) is 64.3 Å². The lowest BCUT2D eigenvalue weighted by molar-refractivity contribution is 0.129. The molecule has 0 bridgehead atoms. The normalized spacial score (nSPS) is 24.8. The zero-order valence-corrected chi connectivity index (χ0v) is 16.3. The van der Waals surface area contributed by atoms with Gasteiger partial charge < -0.3 is 9.64 Å². The summed E-state index contributed by atoms with van der Waals surface area (Å²) in [6, 6.07) is 5.76. The number of hydrogen-bond donors (Lipinski definition) is 0. The van der Waals surface area contributed by atoms with E-state index in [9.17, 15) is 4.79 Å². The van der Waals surface area contributed by atoms with E-state index in [-0.39, 0.29) is 11.9 Å². The first-order valence-corrected chi connectivity index (χ1v) is 9.97. The molecule has 1 aromatic heterocycles. The molecule has 150 valence electrons. The van der Waals surface area contributed by atoms with Crippen LogP contribution in [0.15, 0.2) is 30.6 Å². The molecule has 7 nitrogen and oxygen atoms in total. The van der Waals surface area contributed by atoms with Crippen LogP contribution in [0.5, 0.6) is 0 Å². The third kappa shape index (κ3) is 3.55. The minimum Gasteiger partial charge on any atom is -0.442 e. The summed E-state index contributed by atoms with van der Waals surface area (Å²) in [4.78, 5) is 16.0. The summed E-state index contributed by atoms with van der Waals surface area (Å²) in [5, 5.41) is 7.64. The number of ether oxygens (including phenoxy) is 1. The molecule has 2 aliphatic rings. The molecule has 0 radical (unpaired) electrons. The maximum absolute atomic E-state index is 15.0. The monoisotopic (exact) mass is 387 g/mol. The molecule has 2 fully saturated rings. The van der Waals surface area contributed by atoms with Crippen LogP contribution in [0.25, 0.3) is 0 Å². The van der Waals surface area contributed by atoms with Gasteiger partial charge in [0, 0.05) is 18.3 Å². The number of carbonyl (C=O) groups excluding carboxylic acids is 1.